The zero-order valence-electron chi connectivity index (χ0n) is 12.4. The van der Waals surface area contributed by atoms with Gasteiger partial charge in [-0.15, -0.1) is 0 Å². The second-order valence-electron chi connectivity index (χ2n) is 5.62. The largest absolute Gasteiger partial charge is 0.469 e. The number of nitrogens with zero attached hydrogens (tertiary/aromatic N) is 1. The maximum atomic E-state index is 11.6. The molecule has 0 aliphatic rings. The van der Waals surface area contributed by atoms with Crippen molar-refractivity contribution in [3.63, 3.8) is 0 Å². The van der Waals surface area contributed by atoms with Gasteiger partial charge in [0.2, 0.25) is 5.91 Å². The Bertz CT molecular complexity index is 527. The second kappa shape index (κ2) is 6.29. The minimum Gasteiger partial charge on any atom is -0.469 e. The lowest BCUT2D eigenvalue weighted by Gasteiger charge is -2.32. The molecular weight excluding hydrogens is 254 g/mol. The molecule has 0 heterocycles. The Morgan fingerprint density at radius 3 is 2.65 bits per heavy atom. The summed E-state index contributed by atoms with van der Waals surface area (Å²) in [6.07, 6.45) is -0.165. The third kappa shape index (κ3) is 3.89. The van der Waals surface area contributed by atoms with Gasteiger partial charge in [-0.05, 0) is 12.1 Å². The Kier molecular flexibility index (Phi) is 4.98. The quantitative estimate of drug-likeness (QED) is 0.652. The maximum absolute atomic E-state index is 11.6. The van der Waals surface area contributed by atoms with E-state index in [2.05, 4.69) is 5.32 Å². The van der Waals surface area contributed by atoms with Gasteiger partial charge in [-0.25, -0.2) is 0 Å². The molecule has 0 bridgehead atoms. The first-order valence-electron chi connectivity index (χ1n) is 6.54. The lowest BCUT2D eigenvalue weighted by molar-refractivity contribution is -0.125. The number of nitrogens with two attached hydrogens (primary N) is 1. The number of nitrogen functional groups attached to an aromatic ring is 1. The molecule has 20 heavy (non-hydrogen) atoms. The molecule has 0 radical (unpaired) electrons. The number of nitriles is 1. The van der Waals surface area contributed by atoms with Crippen LogP contribution < -0.4 is 15.8 Å². The van der Waals surface area contributed by atoms with Gasteiger partial charge in [-0.1, -0.05) is 33.8 Å². The summed E-state index contributed by atoms with van der Waals surface area (Å²) in [7, 11) is 0. The normalized spacial score (nSPS) is 12.3. The third-order valence-corrected chi connectivity index (χ3v) is 2.81. The SMILES string of the molecule is CCC(=O)NC(Oc1cccc(N)c1C#N)C(C)(C)C. The number of amides is 1. The molecule has 3 N–H and O–H groups in total. The number of hydrogen-bond donors (Lipinski definition) is 2. The summed E-state index contributed by atoms with van der Waals surface area (Å²) in [5.41, 5.74) is 6.08. The molecule has 1 unspecified atom stereocenters. The molecular formula is C15H21N3O2. The maximum Gasteiger partial charge on any atom is 0.222 e. The van der Waals surface area contributed by atoms with Crippen LogP contribution in [0.5, 0.6) is 5.75 Å². The van der Waals surface area contributed by atoms with Gasteiger partial charge in [0.1, 0.15) is 17.4 Å². The van der Waals surface area contributed by atoms with E-state index >= 15 is 0 Å². The molecule has 1 amide bonds. The monoisotopic (exact) mass is 275 g/mol. The van der Waals surface area contributed by atoms with Crippen molar-refractivity contribution >= 4 is 11.6 Å². The van der Waals surface area contributed by atoms with E-state index in [0.717, 1.165) is 0 Å². The van der Waals surface area contributed by atoms with E-state index in [1.807, 2.05) is 26.8 Å². The van der Waals surface area contributed by atoms with E-state index < -0.39 is 6.23 Å². The summed E-state index contributed by atoms with van der Waals surface area (Å²) in [4.78, 5) is 11.6. The standard InChI is InChI=1S/C15H21N3O2/c1-5-13(19)18-14(15(2,3)4)20-12-8-6-7-11(17)10(12)9-16/h6-8,14H,5,17H2,1-4H3,(H,18,19). The van der Waals surface area contributed by atoms with Crippen LogP contribution in [0.3, 0.4) is 0 Å². The van der Waals surface area contributed by atoms with Gasteiger partial charge >= 0.3 is 0 Å². The second-order valence-corrected chi connectivity index (χ2v) is 5.62. The molecule has 0 fully saturated rings. The highest BCUT2D eigenvalue weighted by atomic mass is 16.5. The minimum atomic E-state index is -0.538. The molecule has 108 valence electrons. The van der Waals surface area contributed by atoms with Crippen LogP contribution in [0.2, 0.25) is 0 Å². The van der Waals surface area contributed by atoms with Crippen molar-refractivity contribution in [3.05, 3.63) is 23.8 Å². The van der Waals surface area contributed by atoms with Crippen molar-refractivity contribution in [2.24, 2.45) is 5.41 Å². The predicted octanol–water partition coefficient (Wildman–Crippen LogP) is 2.42. The molecule has 0 aromatic heterocycles. The fourth-order valence-electron chi connectivity index (χ4n) is 1.56. The van der Waals surface area contributed by atoms with Gasteiger partial charge in [-0.2, -0.15) is 5.26 Å². The number of nitrogens with one attached hydrogen (secondary N) is 1. The number of ether oxygens (including phenoxy) is 1. The van der Waals surface area contributed by atoms with Crippen LogP contribution in [-0.4, -0.2) is 12.1 Å². The van der Waals surface area contributed by atoms with Crippen LogP contribution in [0.25, 0.3) is 0 Å². The summed E-state index contributed by atoms with van der Waals surface area (Å²) in [6, 6.07) is 7.05. The average molecular weight is 275 g/mol. The van der Waals surface area contributed by atoms with Gasteiger partial charge in [-0.3, -0.25) is 4.79 Å². The zero-order chi connectivity index (χ0) is 15.3. The lowest BCUT2D eigenvalue weighted by atomic mass is 9.94. The van der Waals surface area contributed by atoms with Gasteiger partial charge in [0.15, 0.2) is 6.23 Å². The first-order valence-corrected chi connectivity index (χ1v) is 6.54. The highest BCUT2D eigenvalue weighted by Gasteiger charge is 2.28. The molecule has 0 aliphatic heterocycles. The Morgan fingerprint density at radius 1 is 1.50 bits per heavy atom. The highest BCUT2D eigenvalue weighted by molar-refractivity contribution is 5.75. The number of rotatable bonds is 4. The van der Waals surface area contributed by atoms with E-state index in [9.17, 15) is 4.79 Å². The summed E-state index contributed by atoms with van der Waals surface area (Å²) in [6.45, 7) is 7.63. The Labute approximate surface area is 119 Å². The fourth-order valence-corrected chi connectivity index (χ4v) is 1.56. The number of anilines is 1. The summed E-state index contributed by atoms with van der Waals surface area (Å²) < 4.78 is 5.82. The van der Waals surface area contributed by atoms with Crippen molar-refractivity contribution in [2.75, 3.05) is 5.73 Å². The van der Waals surface area contributed by atoms with Gasteiger partial charge in [0.25, 0.3) is 0 Å². The molecule has 1 aromatic rings. The average Bonchev–Trinajstić information content (AvgIpc) is 2.37. The van der Waals surface area contributed by atoms with Crippen molar-refractivity contribution in [3.8, 4) is 11.8 Å². The molecule has 0 spiro atoms. The van der Waals surface area contributed by atoms with Crippen LogP contribution in [0.15, 0.2) is 18.2 Å². The van der Waals surface area contributed by atoms with Crippen molar-refractivity contribution in [1.29, 1.82) is 5.26 Å². The Hall–Kier alpha value is -2.22. The van der Waals surface area contributed by atoms with Gasteiger partial charge in [0.05, 0.1) is 5.69 Å². The van der Waals surface area contributed by atoms with Crippen molar-refractivity contribution in [1.82, 2.24) is 5.32 Å². The van der Waals surface area contributed by atoms with Crippen LogP contribution in [0.4, 0.5) is 5.69 Å². The first-order chi connectivity index (χ1) is 9.29. The molecule has 1 rings (SSSR count). The summed E-state index contributed by atoms with van der Waals surface area (Å²) in [5.74, 6) is 0.274. The summed E-state index contributed by atoms with van der Waals surface area (Å²) >= 11 is 0. The zero-order valence-corrected chi connectivity index (χ0v) is 12.4. The topological polar surface area (TPSA) is 88.1 Å². The highest BCUT2D eigenvalue weighted by Crippen LogP contribution is 2.28. The Morgan fingerprint density at radius 2 is 2.15 bits per heavy atom. The van der Waals surface area contributed by atoms with E-state index in [1.54, 1.807) is 25.1 Å². The van der Waals surface area contributed by atoms with E-state index in [1.165, 1.54) is 0 Å². The van der Waals surface area contributed by atoms with Crippen LogP contribution >= 0.6 is 0 Å². The van der Waals surface area contributed by atoms with Crippen LogP contribution in [0.1, 0.15) is 39.7 Å². The molecule has 0 aliphatic carbocycles. The predicted molar refractivity (Wildman–Crippen MR) is 77.9 cm³/mol. The van der Waals surface area contributed by atoms with Gasteiger partial charge < -0.3 is 15.8 Å². The van der Waals surface area contributed by atoms with Crippen molar-refractivity contribution in [2.45, 2.75) is 40.3 Å². The smallest absolute Gasteiger partial charge is 0.222 e. The number of carbonyl (C=O) groups is 1. The molecule has 1 atom stereocenters. The lowest BCUT2D eigenvalue weighted by Crippen LogP contribution is -2.47. The van der Waals surface area contributed by atoms with Gasteiger partial charge in [0, 0.05) is 11.8 Å². The third-order valence-electron chi connectivity index (χ3n) is 2.81. The van der Waals surface area contributed by atoms with Crippen molar-refractivity contribution < 1.29 is 9.53 Å². The first kappa shape index (κ1) is 15.8. The van der Waals surface area contributed by atoms with Crippen LogP contribution in [-0.2, 0) is 4.79 Å². The fraction of sp³-hybridized carbons (Fsp3) is 0.467. The molecule has 0 saturated heterocycles. The van der Waals surface area contributed by atoms with E-state index in [-0.39, 0.29) is 16.9 Å². The number of benzene rings is 1. The van der Waals surface area contributed by atoms with E-state index in [4.69, 9.17) is 15.7 Å². The molecule has 0 saturated carbocycles. The molecule has 1 aromatic carbocycles. The summed E-state index contributed by atoms with van der Waals surface area (Å²) in [5, 5.41) is 12.0. The molecule has 5 nitrogen and oxygen atoms in total. The number of hydrogen-bond acceptors (Lipinski definition) is 4. The minimum absolute atomic E-state index is 0.104. The van der Waals surface area contributed by atoms with Crippen LogP contribution in [0, 0.1) is 16.7 Å². The molecule has 5 heteroatoms. The number of carbonyl (C=O) groups excluding carboxylic acids is 1. The Balaban J connectivity index is 3.05. The van der Waals surface area contributed by atoms with E-state index in [0.29, 0.717) is 17.9 Å².